The number of carboxylic acids is 1. The molecule has 4 nitrogen and oxygen atoms in total. The Hall–Kier alpha value is -0.610. The van der Waals surface area contributed by atoms with Crippen LogP contribution in [0.25, 0.3) is 0 Å². The molecule has 104 valence electrons. The zero-order valence-corrected chi connectivity index (χ0v) is 11.1. The summed E-state index contributed by atoms with van der Waals surface area (Å²) in [6, 6.07) is 0.644. The number of aliphatic hydroxyl groups is 1. The predicted molar refractivity (Wildman–Crippen MR) is 69.5 cm³/mol. The van der Waals surface area contributed by atoms with Crippen LogP contribution in [0.3, 0.4) is 0 Å². The van der Waals surface area contributed by atoms with Gasteiger partial charge in [0.1, 0.15) is 0 Å². The molecule has 0 bridgehead atoms. The van der Waals surface area contributed by atoms with Crippen molar-refractivity contribution in [2.24, 2.45) is 0 Å². The lowest BCUT2D eigenvalue weighted by atomic mass is 9.87. The number of hydrogen-bond acceptors (Lipinski definition) is 3. The first-order valence-electron chi connectivity index (χ1n) is 7.34. The number of piperidine rings is 1. The smallest absolute Gasteiger partial charge is 0.303 e. The quantitative estimate of drug-likeness (QED) is 0.806. The molecule has 0 spiro atoms. The van der Waals surface area contributed by atoms with Crippen LogP contribution < -0.4 is 0 Å². The molecule has 2 aliphatic rings. The van der Waals surface area contributed by atoms with Gasteiger partial charge in [0.05, 0.1) is 6.10 Å². The Labute approximate surface area is 109 Å². The fraction of sp³-hybridized carbons (Fsp3) is 0.929. The number of carboxylic acid groups (broad SMARTS) is 1. The van der Waals surface area contributed by atoms with Crippen molar-refractivity contribution in [1.82, 2.24) is 4.90 Å². The molecule has 0 aromatic carbocycles. The molecule has 2 N–H and O–H groups in total. The Kier molecular flexibility index (Phi) is 5.01. The third kappa shape index (κ3) is 3.45. The average Bonchev–Trinajstić information content (AvgIpc) is 2.37. The molecule has 2 fully saturated rings. The lowest BCUT2D eigenvalue weighted by Gasteiger charge is -2.44. The molecule has 0 radical (unpaired) electrons. The molecule has 3 atom stereocenters. The summed E-state index contributed by atoms with van der Waals surface area (Å²) in [5.74, 6) is -0.704. The van der Waals surface area contributed by atoms with Crippen LogP contribution in [0, 0.1) is 0 Å². The molecule has 0 aromatic heterocycles. The molecular formula is C14H25NO3. The van der Waals surface area contributed by atoms with Gasteiger partial charge in [0.2, 0.25) is 0 Å². The van der Waals surface area contributed by atoms with Crippen molar-refractivity contribution >= 4 is 5.97 Å². The Balaban J connectivity index is 1.95. The van der Waals surface area contributed by atoms with Gasteiger partial charge in [-0.15, -0.1) is 0 Å². The van der Waals surface area contributed by atoms with Crippen molar-refractivity contribution in [2.45, 2.75) is 76.0 Å². The van der Waals surface area contributed by atoms with E-state index in [0.717, 1.165) is 38.6 Å². The monoisotopic (exact) mass is 255 g/mol. The number of carbonyl (C=O) groups is 1. The molecule has 2 rings (SSSR count). The highest BCUT2D eigenvalue weighted by atomic mass is 16.4. The van der Waals surface area contributed by atoms with Crippen molar-refractivity contribution in [2.75, 3.05) is 6.54 Å². The summed E-state index contributed by atoms with van der Waals surface area (Å²) in [7, 11) is 0. The van der Waals surface area contributed by atoms with Gasteiger partial charge in [-0.2, -0.15) is 0 Å². The zero-order chi connectivity index (χ0) is 13.0. The number of aliphatic carboxylic acids is 1. The van der Waals surface area contributed by atoms with Crippen LogP contribution in [0.2, 0.25) is 0 Å². The van der Waals surface area contributed by atoms with E-state index in [1.807, 2.05) is 0 Å². The van der Waals surface area contributed by atoms with Crippen molar-refractivity contribution in [3.8, 4) is 0 Å². The fourth-order valence-electron chi connectivity index (χ4n) is 3.54. The Bertz CT molecular complexity index is 282. The van der Waals surface area contributed by atoms with Crippen molar-refractivity contribution in [3.05, 3.63) is 0 Å². The summed E-state index contributed by atoms with van der Waals surface area (Å²) < 4.78 is 0. The van der Waals surface area contributed by atoms with Gasteiger partial charge in [-0.25, -0.2) is 0 Å². The van der Waals surface area contributed by atoms with Crippen LogP contribution in [0.4, 0.5) is 0 Å². The normalized spacial score (nSPS) is 34.4. The van der Waals surface area contributed by atoms with E-state index in [0.29, 0.717) is 6.04 Å². The lowest BCUT2D eigenvalue weighted by Crippen LogP contribution is -2.52. The summed E-state index contributed by atoms with van der Waals surface area (Å²) in [5, 5.41) is 19.0. The van der Waals surface area contributed by atoms with E-state index in [9.17, 15) is 9.90 Å². The largest absolute Gasteiger partial charge is 0.481 e. The Morgan fingerprint density at radius 1 is 1.11 bits per heavy atom. The van der Waals surface area contributed by atoms with Crippen molar-refractivity contribution in [3.63, 3.8) is 0 Å². The molecular weight excluding hydrogens is 230 g/mol. The van der Waals surface area contributed by atoms with E-state index in [-0.39, 0.29) is 18.6 Å². The van der Waals surface area contributed by atoms with Gasteiger partial charge in [0.25, 0.3) is 0 Å². The van der Waals surface area contributed by atoms with E-state index in [2.05, 4.69) is 4.90 Å². The van der Waals surface area contributed by atoms with Crippen LogP contribution >= 0.6 is 0 Å². The van der Waals surface area contributed by atoms with Gasteiger partial charge >= 0.3 is 5.97 Å². The molecule has 18 heavy (non-hydrogen) atoms. The summed E-state index contributed by atoms with van der Waals surface area (Å²) >= 11 is 0. The molecule has 0 amide bonds. The van der Waals surface area contributed by atoms with Gasteiger partial charge in [-0.1, -0.05) is 19.3 Å². The van der Waals surface area contributed by atoms with Crippen molar-refractivity contribution < 1.29 is 15.0 Å². The molecule has 0 aromatic rings. The van der Waals surface area contributed by atoms with Gasteiger partial charge in [0.15, 0.2) is 0 Å². The Morgan fingerprint density at radius 3 is 2.56 bits per heavy atom. The highest BCUT2D eigenvalue weighted by molar-refractivity contribution is 5.66. The maximum Gasteiger partial charge on any atom is 0.303 e. The first-order valence-corrected chi connectivity index (χ1v) is 7.34. The summed E-state index contributed by atoms with van der Waals surface area (Å²) in [6.45, 7) is 1.03. The van der Waals surface area contributed by atoms with Crippen molar-refractivity contribution in [1.29, 1.82) is 0 Å². The molecule has 4 heteroatoms. The summed E-state index contributed by atoms with van der Waals surface area (Å²) in [4.78, 5) is 13.1. The predicted octanol–water partition coefficient (Wildman–Crippen LogP) is 2.01. The maximum absolute atomic E-state index is 10.7. The third-order valence-corrected chi connectivity index (χ3v) is 4.48. The van der Waals surface area contributed by atoms with Crippen LogP contribution in [0.15, 0.2) is 0 Å². The standard InChI is InChI=1S/C14H25NO3/c16-13-7-2-1-6-12(13)15-10-4-3-5-11(15)8-9-14(17)18/h11-13,16H,1-10H2,(H,17,18). The van der Waals surface area contributed by atoms with Gasteiger partial charge < -0.3 is 10.2 Å². The molecule has 1 aliphatic heterocycles. The maximum atomic E-state index is 10.7. The third-order valence-electron chi connectivity index (χ3n) is 4.48. The Morgan fingerprint density at radius 2 is 1.83 bits per heavy atom. The van der Waals surface area contributed by atoms with Gasteiger partial charge in [0, 0.05) is 18.5 Å². The van der Waals surface area contributed by atoms with E-state index < -0.39 is 5.97 Å². The zero-order valence-electron chi connectivity index (χ0n) is 11.1. The minimum atomic E-state index is -0.704. The molecule has 1 saturated heterocycles. The first-order chi connectivity index (χ1) is 8.68. The molecule has 1 aliphatic carbocycles. The molecule has 3 unspecified atom stereocenters. The minimum absolute atomic E-state index is 0.204. The highest BCUT2D eigenvalue weighted by Crippen LogP contribution is 2.30. The van der Waals surface area contributed by atoms with E-state index in [4.69, 9.17) is 5.11 Å². The van der Waals surface area contributed by atoms with Crippen LogP contribution in [-0.2, 0) is 4.79 Å². The minimum Gasteiger partial charge on any atom is -0.481 e. The lowest BCUT2D eigenvalue weighted by molar-refractivity contribution is -0.137. The van der Waals surface area contributed by atoms with Crippen LogP contribution in [0.5, 0.6) is 0 Å². The average molecular weight is 255 g/mol. The number of likely N-dealkylation sites (tertiary alicyclic amines) is 1. The second kappa shape index (κ2) is 6.53. The van der Waals surface area contributed by atoms with Crippen LogP contribution in [-0.4, -0.2) is 45.8 Å². The highest BCUT2D eigenvalue weighted by Gasteiger charge is 2.34. The van der Waals surface area contributed by atoms with E-state index in [1.165, 1.54) is 19.3 Å². The van der Waals surface area contributed by atoms with Gasteiger partial charge in [-0.05, 0) is 38.6 Å². The second-order valence-corrected chi connectivity index (χ2v) is 5.74. The number of nitrogens with zero attached hydrogens (tertiary/aromatic N) is 1. The topological polar surface area (TPSA) is 60.8 Å². The van der Waals surface area contributed by atoms with E-state index in [1.54, 1.807) is 0 Å². The number of aliphatic hydroxyl groups excluding tert-OH is 1. The van der Waals surface area contributed by atoms with E-state index >= 15 is 0 Å². The van der Waals surface area contributed by atoms with Gasteiger partial charge in [-0.3, -0.25) is 9.69 Å². The van der Waals surface area contributed by atoms with Crippen LogP contribution in [0.1, 0.15) is 57.8 Å². The SMILES string of the molecule is O=C(O)CCC1CCCCN1C1CCCCC1O. The first kappa shape index (κ1) is 13.8. The molecule has 1 heterocycles. The number of rotatable bonds is 4. The fourth-order valence-corrected chi connectivity index (χ4v) is 3.54. The number of hydrogen-bond donors (Lipinski definition) is 2. The summed E-state index contributed by atoms with van der Waals surface area (Å²) in [6.07, 6.45) is 8.58. The second-order valence-electron chi connectivity index (χ2n) is 5.74. The molecule has 1 saturated carbocycles. The summed E-state index contributed by atoms with van der Waals surface area (Å²) in [5.41, 5.74) is 0.